The van der Waals surface area contributed by atoms with Gasteiger partial charge in [-0.1, -0.05) is 0 Å². The van der Waals surface area contributed by atoms with Crippen molar-refractivity contribution in [3.63, 3.8) is 0 Å². The van der Waals surface area contributed by atoms with Gasteiger partial charge in [0, 0.05) is 0 Å². The van der Waals surface area contributed by atoms with Gasteiger partial charge in [-0.15, -0.1) is 0 Å². The third kappa shape index (κ3) is 3.19. The summed E-state index contributed by atoms with van der Waals surface area (Å²) in [7, 11) is -4.25. The fourth-order valence-corrected chi connectivity index (χ4v) is 3.41. The summed E-state index contributed by atoms with van der Waals surface area (Å²) in [5.74, 6) is -4.37. The van der Waals surface area contributed by atoms with Gasteiger partial charge in [0.15, 0.2) is 11.6 Å². The first-order chi connectivity index (χ1) is 11.0. The molecule has 0 amide bonds. The van der Waals surface area contributed by atoms with Crippen LogP contribution in [0.15, 0.2) is 0 Å². The summed E-state index contributed by atoms with van der Waals surface area (Å²) >= 11 is 0. The quantitative estimate of drug-likeness (QED) is 0.474. The smallest absolute Gasteiger partial charge is 0.333 e. The Bertz CT molecular complexity index is 601. The third-order valence-electron chi connectivity index (χ3n) is 4.14. The topological polar surface area (TPSA) is 156 Å². The van der Waals surface area contributed by atoms with E-state index in [1.165, 1.54) is 6.92 Å². The minimum absolute atomic E-state index is 0.0182. The minimum Gasteiger partial charge on any atom is -0.391 e. The fraction of sp³-hybridized carbons (Fsp3) is 1.00. The summed E-state index contributed by atoms with van der Waals surface area (Å²) < 4.78 is 55.3. The number of fused-ring (bicyclic) bond motifs is 3. The van der Waals surface area contributed by atoms with Crippen molar-refractivity contribution in [2.45, 2.75) is 49.5 Å². The second-order valence-electron chi connectivity index (χ2n) is 6.34. The molecule has 0 aromatic rings. The first-order valence-corrected chi connectivity index (χ1v) is 8.77. The summed E-state index contributed by atoms with van der Waals surface area (Å²) in [4.78, 5) is 0. The molecule has 0 aliphatic carbocycles. The predicted molar refractivity (Wildman–Crippen MR) is 74.4 cm³/mol. The molecule has 6 atom stereocenters. The van der Waals surface area contributed by atoms with Crippen LogP contribution in [0.1, 0.15) is 13.8 Å². The third-order valence-corrected chi connectivity index (χ3v) is 4.59. The summed E-state index contributed by atoms with van der Waals surface area (Å²) in [5, 5.41) is 23.8. The number of aliphatic hydroxyl groups is 2. The number of hydrogen-bond donors (Lipinski definition) is 3. The molecule has 12 heteroatoms. The Hall–Kier alpha value is -0.410. The van der Waals surface area contributed by atoms with Gasteiger partial charge < -0.3 is 33.9 Å². The van der Waals surface area contributed by atoms with Crippen molar-refractivity contribution in [1.82, 2.24) is 0 Å². The number of hydrogen-bond acceptors (Lipinski definition) is 10. The number of rotatable bonds is 5. The molecule has 0 aromatic carbocycles. The van der Waals surface area contributed by atoms with Crippen LogP contribution in [-0.2, 0) is 38.2 Å². The molecule has 3 aliphatic heterocycles. The van der Waals surface area contributed by atoms with Crippen LogP contribution in [0.3, 0.4) is 0 Å². The standard InChI is InChI=1S/C12H21NO10S/c1-10(4-14)20-7-3-18-12(6-19-24(13,16)17)9(8(7)21-10)22-11(2,5-15)23-12/h7-9,14-15H,3-6H2,1-2H3,(H2,13,16,17)/t7-,8-,9+,10?,11?,12+/m1/s1. The summed E-state index contributed by atoms with van der Waals surface area (Å²) in [6.07, 6.45) is -2.27. The molecule has 0 saturated carbocycles. The first kappa shape index (κ1) is 18.4. The van der Waals surface area contributed by atoms with Crippen molar-refractivity contribution in [3.05, 3.63) is 0 Å². The molecule has 0 radical (unpaired) electrons. The highest BCUT2D eigenvalue weighted by Gasteiger charge is 2.67. The highest BCUT2D eigenvalue weighted by atomic mass is 32.2. The number of nitrogens with two attached hydrogens (primary N) is 1. The molecule has 3 aliphatic rings. The van der Waals surface area contributed by atoms with Gasteiger partial charge in [0.05, 0.1) is 19.8 Å². The number of ether oxygens (including phenoxy) is 5. The van der Waals surface area contributed by atoms with Crippen molar-refractivity contribution < 1.29 is 46.5 Å². The van der Waals surface area contributed by atoms with Crippen molar-refractivity contribution in [1.29, 1.82) is 0 Å². The van der Waals surface area contributed by atoms with Crippen LogP contribution in [0.5, 0.6) is 0 Å². The minimum atomic E-state index is -4.25. The second-order valence-corrected chi connectivity index (χ2v) is 7.56. The van der Waals surface area contributed by atoms with Crippen molar-refractivity contribution in [2.24, 2.45) is 5.14 Å². The Balaban J connectivity index is 1.89. The van der Waals surface area contributed by atoms with E-state index in [1.807, 2.05) is 0 Å². The van der Waals surface area contributed by atoms with E-state index < -0.39 is 65.8 Å². The van der Waals surface area contributed by atoms with Crippen LogP contribution in [-0.4, -0.2) is 80.7 Å². The number of aliphatic hydroxyl groups excluding tert-OH is 2. The van der Waals surface area contributed by atoms with Gasteiger partial charge in [0.25, 0.3) is 0 Å². The second kappa shape index (κ2) is 5.81. The molecular formula is C12H21NO10S. The van der Waals surface area contributed by atoms with Crippen LogP contribution in [0.2, 0.25) is 0 Å². The summed E-state index contributed by atoms with van der Waals surface area (Å²) in [5.41, 5.74) is 0. The molecular weight excluding hydrogens is 350 g/mol. The molecule has 3 rings (SSSR count). The van der Waals surface area contributed by atoms with Crippen molar-refractivity contribution in [2.75, 3.05) is 26.4 Å². The molecule has 140 valence electrons. The zero-order valence-corrected chi connectivity index (χ0v) is 14.0. The Morgan fingerprint density at radius 2 is 1.83 bits per heavy atom. The maximum atomic E-state index is 11.1. The molecule has 2 unspecified atom stereocenters. The molecule has 0 spiro atoms. The Morgan fingerprint density at radius 1 is 1.17 bits per heavy atom. The Kier molecular flexibility index (Phi) is 4.45. The van der Waals surface area contributed by atoms with E-state index in [1.54, 1.807) is 6.92 Å². The van der Waals surface area contributed by atoms with Gasteiger partial charge in [-0.25, -0.2) is 5.14 Å². The average molecular weight is 371 g/mol. The predicted octanol–water partition coefficient (Wildman–Crippen LogP) is -2.45. The van der Waals surface area contributed by atoms with Crippen molar-refractivity contribution in [3.8, 4) is 0 Å². The highest BCUT2D eigenvalue weighted by molar-refractivity contribution is 7.84. The maximum absolute atomic E-state index is 11.1. The molecule has 4 N–H and O–H groups in total. The fourth-order valence-electron chi connectivity index (χ4n) is 3.08. The first-order valence-electron chi connectivity index (χ1n) is 7.30. The molecule has 3 saturated heterocycles. The van der Waals surface area contributed by atoms with Crippen molar-refractivity contribution >= 4 is 10.3 Å². The Labute approximate surface area is 138 Å². The van der Waals surface area contributed by atoms with Crippen LogP contribution in [0.4, 0.5) is 0 Å². The lowest BCUT2D eigenvalue weighted by Crippen LogP contribution is -2.60. The van der Waals surface area contributed by atoms with E-state index in [0.29, 0.717) is 0 Å². The van der Waals surface area contributed by atoms with Gasteiger partial charge in [0.2, 0.25) is 5.79 Å². The van der Waals surface area contributed by atoms with E-state index in [0.717, 1.165) is 0 Å². The largest absolute Gasteiger partial charge is 0.391 e. The molecule has 3 heterocycles. The normalized spacial score (nSPS) is 48.3. The SMILES string of the molecule is CC1(CO)O[C@@H]2[C@@H](CO[C@@]3(COS(N)(=O)=O)OC(C)(CO)O[C@@H]23)O1. The monoisotopic (exact) mass is 371 g/mol. The lowest BCUT2D eigenvalue weighted by molar-refractivity contribution is -0.297. The molecule has 11 nitrogen and oxygen atoms in total. The molecule has 3 fully saturated rings. The van der Waals surface area contributed by atoms with Crippen LogP contribution in [0, 0.1) is 0 Å². The van der Waals surface area contributed by atoms with E-state index in [-0.39, 0.29) is 6.61 Å². The highest BCUT2D eigenvalue weighted by Crippen LogP contribution is 2.47. The van der Waals surface area contributed by atoms with E-state index in [4.69, 9.17) is 28.8 Å². The van der Waals surface area contributed by atoms with E-state index in [9.17, 15) is 18.6 Å². The van der Waals surface area contributed by atoms with Crippen LogP contribution < -0.4 is 5.14 Å². The zero-order valence-electron chi connectivity index (χ0n) is 13.2. The lowest BCUT2D eigenvalue weighted by Gasteiger charge is -2.40. The van der Waals surface area contributed by atoms with Gasteiger partial charge >= 0.3 is 10.3 Å². The van der Waals surface area contributed by atoms with Gasteiger partial charge in [-0.2, -0.15) is 8.42 Å². The maximum Gasteiger partial charge on any atom is 0.333 e. The summed E-state index contributed by atoms with van der Waals surface area (Å²) in [6.45, 7) is 1.49. The summed E-state index contributed by atoms with van der Waals surface area (Å²) in [6, 6.07) is 0. The lowest BCUT2D eigenvalue weighted by atomic mass is 9.98. The molecule has 0 bridgehead atoms. The van der Waals surface area contributed by atoms with Gasteiger partial charge in [0.1, 0.15) is 24.9 Å². The molecule has 0 aromatic heterocycles. The van der Waals surface area contributed by atoms with Crippen LogP contribution >= 0.6 is 0 Å². The average Bonchev–Trinajstić information content (AvgIpc) is 3.00. The molecule has 24 heavy (non-hydrogen) atoms. The zero-order chi connectivity index (χ0) is 17.8. The van der Waals surface area contributed by atoms with Gasteiger partial charge in [-0.3, -0.25) is 4.18 Å². The van der Waals surface area contributed by atoms with Gasteiger partial charge in [-0.05, 0) is 13.8 Å². The Morgan fingerprint density at radius 3 is 2.42 bits per heavy atom. The van der Waals surface area contributed by atoms with E-state index in [2.05, 4.69) is 4.18 Å². The van der Waals surface area contributed by atoms with Crippen LogP contribution in [0.25, 0.3) is 0 Å². The van der Waals surface area contributed by atoms with E-state index >= 15 is 0 Å².